The lowest BCUT2D eigenvalue weighted by Gasteiger charge is -2.24. The number of rotatable bonds is 3. The summed E-state index contributed by atoms with van der Waals surface area (Å²) in [7, 11) is 1.60. The molecule has 92 valence electrons. The van der Waals surface area contributed by atoms with Gasteiger partial charge in [-0.1, -0.05) is 0 Å². The summed E-state index contributed by atoms with van der Waals surface area (Å²) in [6.07, 6.45) is 2.00. The molecular weight excluding hydrogens is 220 g/mol. The molecule has 0 spiro atoms. The molecule has 1 N–H and O–H groups in total. The van der Waals surface area contributed by atoms with Gasteiger partial charge >= 0.3 is 0 Å². The second-order valence-electron chi connectivity index (χ2n) is 4.21. The summed E-state index contributed by atoms with van der Waals surface area (Å²) in [5.41, 5.74) is 1.10. The first kappa shape index (κ1) is 11.9. The molecule has 0 unspecified atom stereocenters. The lowest BCUT2D eigenvalue weighted by Crippen LogP contribution is -2.26. The van der Waals surface area contributed by atoms with Gasteiger partial charge in [-0.2, -0.15) is 0 Å². The lowest BCUT2D eigenvalue weighted by molar-refractivity contribution is -0.385. The molecule has 0 saturated carbocycles. The van der Waals surface area contributed by atoms with Gasteiger partial charge in [-0.15, -0.1) is 0 Å². The van der Waals surface area contributed by atoms with Crippen molar-refractivity contribution in [2.45, 2.75) is 18.8 Å². The highest BCUT2D eigenvalue weighted by Crippen LogP contribution is 2.34. The molecule has 1 aromatic carbocycles. The number of methoxy groups -OCH3 is 1. The topological polar surface area (TPSA) is 64.4 Å². The number of hydrogen-bond acceptors (Lipinski definition) is 4. The minimum atomic E-state index is -0.357. The largest absolute Gasteiger partial charge is 0.496 e. The molecule has 1 aromatic rings. The third-order valence-corrected chi connectivity index (χ3v) is 3.20. The van der Waals surface area contributed by atoms with Crippen molar-refractivity contribution in [3.8, 4) is 5.75 Å². The maximum absolute atomic E-state index is 10.8. The van der Waals surface area contributed by atoms with E-state index in [-0.39, 0.29) is 10.6 Å². The smallest absolute Gasteiger partial charge is 0.269 e. The Morgan fingerprint density at radius 1 is 1.41 bits per heavy atom. The summed E-state index contributed by atoms with van der Waals surface area (Å²) in [6, 6.07) is 4.83. The van der Waals surface area contributed by atoms with Crippen molar-refractivity contribution < 1.29 is 9.66 Å². The van der Waals surface area contributed by atoms with Gasteiger partial charge in [0, 0.05) is 17.7 Å². The van der Waals surface area contributed by atoms with E-state index in [1.807, 2.05) is 0 Å². The van der Waals surface area contributed by atoms with Gasteiger partial charge in [-0.05, 0) is 37.9 Å². The van der Waals surface area contributed by atoms with Gasteiger partial charge in [0.05, 0.1) is 12.0 Å². The van der Waals surface area contributed by atoms with Crippen LogP contribution >= 0.6 is 0 Å². The van der Waals surface area contributed by atoms with Crippen molar-refractivity contribution in [3.05, 3.63) is 33.9 Å². The zero-order valence-corrected chi connectivity index (χ0v) is 9.81. The Hall–Kier alpha value is -1.62. The van der Waals surface area contributed by atoms with Crippen molar-refractivity contribution in [1.82, 2.24) is 5.32 Å². The minimum absolute atomic E-state index is 0.138. The number of piperidine rings is 1. The Bertz CT molecular complexity index is 414. The number of non-ortho nitro benzene ring substituents is 1. The fraction of sp³-hybridized carbons (Fsp3) is 0.500. The van der Waals surface area contributed by atoms with Crippen molar-refractivity contribution in [1.29, 1.82) is 0 Å². The van der Waals surface area contributed by atoms with Crippen LogP contribution in [-0.2, 0) is 0 Å². The second kappa shape index (κ2) is 5.14. The van der Waals surface area contributed by atoms with Crippen molar-refractivity contribution in [2.24, 2.45) is 0 Å². The third kappa shape index (κ3) is 2.55. The third-order valence-electron chi connectivity index (χ3n) is 3.20. The van der Waals surface area contributed by atoms with Gasteiger partial charge in [0.25, 0.3) is 5.69 Å². The number of ether oxygens (including phenoxy) is 1. The van der Waals surface area contributed by atoms with Crippen molar-refractivity contribution in [3.63, 3.8) is 0 Å². The summed E-state index contributed by atoms with van der Waals surface area (Å²) in [4.78, 5) is 10.4. The van der Waals surface area contributed by atoms with E-state index in [0.29, 0.717) is 5.92 Å². The standard InChI is InChI=1S/C12H16N2O3/c1-17-12-3-2-10(14(15)16)8-11(12)9-4-6-13-7-5-9/h2-3,8-9,13H,4-7H2,1H3. The summed E-state index contributed by atoms with van der Waals surface area (Å²) >= 11 is 0. The first-order valence-electron chi connectivity index (χ1n) is 5.75. The van der Waals surface area contributed by atoms with Crippen LogP contribution in [0, 0.1) is 10.1 Å². The van der Waals surface area contributed by atoms with E-state index in [4.69, 9.17) is 4.74 Å². The molecule has 1 fully saturated rings. The van der Waals surface area contributed by atoms with Gasteiger partial charge in [0.15, 0.2) is 0 Å². The molecule has 2 rings (SSSR count). The molecule has 0 aliphatic carbocycles. The van der Waals surface area contributed by atoms with Crippen LogP contribution in [0.25, 0.3) is 0 Å². The Balaban J connectivity index is 2.34. The highest BCUT2D eigenvalue weighted by Gasteiger charge is 2.21. The SMILES string of the molecule is COc1ccc([N+](=O)[O-])cc1C1CCNCC1. The fourth-order valence-electron chi connectivity index (χ4n) is 2.29. The molecule has 1 heterocycles. The quantitative estimate of drug-likeness (QED) is 0.644. The number of hydrogen-bond donors (Lipinski definition) is 1. The average molecular weight is 236 g/mol. The highest BCUT2D eigenvalue weighted by atomic mass is 16.6. The summed E-state index contributed by atoms with van der Waals surface area (Å²) < 4.78 is 5.29. The van der Waals surface area contributed by atoms with Crippen LogP contribution in [0.3, 0.4) is 0 Å². The van der Waals surface area contributed by atoms with Crippen LogP contribution in [0.2, 0.25) is 0 Å². The first-order valence-corrected chi connectivity index (χ1v) is 5.75. The van der Waals surface area contributed by atoms with E-state index in [1.54, 1.807) is 19.2 Å². The molecule has 1 aliphatic heterocycles. The monoisotopic (exact) mass is 236 g/mol. The molecule has 1 aliphatic rings. The average Bonchev–Trinajstić information content (AvgIpc) is 2.39. The molecule has 0 radical (unpaired) electrons. The van der Waals surface area contributed by atoms with Gasteiger partial charge < -0.3 is 10.1 Å². The number of nitrogens with zero attached hydrogens (tertiary/aromatic N) is 1. The number of nitro groups is 1. The summed E-state index contributed by atoms with van der Waals surface area (Å²) in [6.45, 7) is 1.91. The van der Waals surface area contributed by atoms with Crippen LogP contribution in [0.5, 0.6) is 5.75 Å². The van der Waals surface area contributed by atoms with E-state index in [1.165, 1.54) is 6.07 Å². The van der Waals surface area contributed by atoms with E-state index < -0.39 is 0 Å². The molecule has 0 atom stereocenters. The number of nitrogens with one attached hydrogen (secondary N) is 1. The van der Waals surface area contributed by atoms with E-state index in [9.17, 15) is 10.1 Å². The summed E-state index contributed by atoms with van der Waals surface area (Å²) in [5.74, 6) is 1.11. The van der Waals surface area contributed by atoms with Crippen LogP contribution in [0.1, 0.15) is 24.3 Å². The predicted octanol–water partition coefficient (Wildman–Crippen LogP) is 2.07. The van der Waals surface area contributed by atoms with Crippen LogP contribution in [0.4, 0.5) is 5.69 Å². The van der Waals surface area contributed by atoms with E-state index >= 15 is 0 Å². The van der Waals surface area contributed by atoms with Gasteiger partial charge in [-0.25, -0.2) is 0 Å². The Morgan fingerprint density at radius 2 is 2.12 bits per heavy atom. The van der Waals surface area contributed by atoms with E-state index in [2.05, 4.69) is 5.32 Å². The minimum Gasteiger partial charge on any atom is -0.496 e. The van der Waals surface area contributed by atoms with E-state index in [0.717, 1.165) is 37.2 Å². The van der Waals surface area contributed by atoms with Gasteiger partial charge in [-0.3, -0.25) is 10.1 Å². The Labute approximate surface area is 99.9 Å². The molecule has 0 amide bonds. The van der Waals surface area contributed by atoms with Crippen molar-refractivity contribution in [2.75, 3.05) is 20.2 Å². The summed E-state index contributed by atoms with van der Waals surface area (Å²) in [5, 5.41) is 14.1. The zero-order valence-electron chi connectivity index (χ0n) is 9.81. The normalized spacial score (nSPS) is 16.8. The Kier molecular flexibility index (Phi) is 3.58. The van der Waals surface area contributed by atoms with Crippen molar-refractivity contribution >= 4 is 5.69 Å². The maximum atomic E-state index is 10.8. The van der Waals surface area contributed by atoms with Gasteiger partial charge in [0.1, 0.15) is 5.75 Å². The fourth-order valence-corrected chi connectivity index (χ4v) is 2.29. The molecule has 0 bridgehead atoms. The maximum Gasteiger partial charge on any atom is 0.269 e. The Morgan fingerprint density at radius 3 is 2.71 bits per heavy atom. The van der Waals surface area contributed by atoms with Crippen LogP contribution < -0.4 is 10.1 Å². The molecule has 5 heteroatoms. The molecule has 1 saturated heterocycles. The first-order chi connectivity index (χ1) is 8.22. The van der Waals surface area contributed by atoms with Crippen LogP contribution in [0.15, 0.2) is 18.2 Å². The molecule has 5 nitrogen and oxygen atoms in total. The molecular formula is C12H16N2O3. The number of benzene rings is 1. The molecule has 17 heavy (non-hydrogen) atoms. The number of nitro benzene ring substituents is 1. The van der Waals surface area contributed by atoms with Crippen LogP contribution in [-0.4, -0.2) is 25.1 Å². The second-order valence-corrected chi connectivity index (χ2v) is 4.21. The highest BCUT2D eigenvalue weighted by molar-refractivity contribution is 5.45. The van der Waals surface area contributed by atoms with Gasteiger partial charge in [0.2, 0.25) is 0 Å². The zero-order chi connectivity index (χ0) is 12.3. The molecule has 0 aromatic heterocycles. The lowest BCUT2D eigenvalue weighted by atomic mass is 9.89. The predicted molar refractivity (Wildman–Crippen MR) is 64.5 cm³/mol.